The molecule has 0 bridgehead atoms. The number of aromatic nitrogens is 4. The van der Waals surface area contributed by atoms with Crippen LogP contribution in [0.5, 0.6) is 0 Å². The summed E-state index contributed by atoms with van der Waals surface area (Å²) in [6.45, 7) is 2.33. The van der Waals surface area contributed by atoms with Gasteiger partial charge in [-0.2, -0.15) is 4.98 Å². The SMILES string of the molecule is Cc1ccnc(-n2cnc(N(N)Cc3ccccc3)nc2=O)c1. The zero-order valence-corrected chi connectivity index (χ0v) is 12.6. The molecule has 7 nitrogen and oxygen atoms in total. The van der Waals surface area contributed by atoms with Crippen LogP contribution < -0.4 is 16.5 Å². The first-order chi connectivity index (χ1) is 11.1. The summed E-state index contributed by atoms with van der Waals surface area (Å²) >= 11 is 0. The van der Waals surface area contributed by atoms with Gasteiger partial charge in [0.05, 0.1) is 6.54 Å². The molecule has 0 aliphatic rings. The zero-order valence-electron chi connectivity index (χ0n) is 12.6. The van der Waals surface area contributed by atoms with Crippen LogP contribution in [0.1, 0.15) is 11.1 Å². The summed E-state index contributed by atoms with van der Waals surface area (Å²) in [7, 11) is 0. The van der Waals surface area contributed by atoms with Gasteiger partial charge in [0.25, 0.3) is 0 Å². The second-order valence-corrected chi connectivity index (χ2v) is 5.11. The Morgan fingerprint density at radius 3 is 2.65 bits per heavy atom. The van der Waals surface area contributed by atoms with E-state index in [1.54, 1.807) is 12.3 Å². The molecule has 23 heavy (non-hydrogen) atoms. The van der Waals surface area contributed by atoms with Crippen LogP contribution in [0.4, 0.5) is 5.95 Å². The number of hydrogen-bond acceptors (Lipinski definition) is 6. The molecule has 2 N–H and O–H groups in total. The van der Waals surface area contributed by atoms with E-state index in [2.05, 4.69) is 15.0 Å². The van der Waals surface area contributed by atoms with E-state index in [-0.39, 0.29) is 5.95 Å². The molecule has 0 fully saturated rings. The van der Waals surface area contributed by atoms with Crippen LogP contribution in [0.2, 0.25) is 0 Å². The van der Waals surface area contributed by atoms with E-state index in [1.807, 2.05) is 43.3 Å². The summed E-state index contributed by atoms with van der Waals surface area (Å²) in [5.41, 5.74) is 1.52. The fourth-order valence-electron chi connectivity index (χ4n) is 2.13. The third-order valence-corrected chi connectivity index (χ3v) is 3.29. The predicted octanol–water partition coefficient (Wildman–Crippen LogP) is 1.21. The van der Waals surface area contributed by atoms with E-state index in [9.17, 15) is 4.79 Å². The first-order valence-electron chi connectivity index (χ1n) is 7.08. The second-order valence-electron chi connectivity index (χ2n) is 5.11. The molecular weight excluding hydrogens is 292 g/mol. The Bertz CT molecular complexity index is 862. The van der Waals surface area contributed by atoms with E-state index >= 15 is 0 Å². The fraction of sp³-hybridized carbons (Fsp3) is 0.125. The lowest BCUT2D eigenvalue weighted by Gasteiger charge is -2.16. The highest BCUT2D eigenvalue weighted by molar-refractivity contribution is 5.31. The molecule has 0 saturated heterocycles. The van der Waals surface area contributed by atoms with Gasteiger partial charge in [-0.05, 0) is 30.2 Å². The third-order valence-electron chi connectivity index (χ3n) is 3.29. The maximum absolute atomic E-state index is 12.2. The quantitative estimate of drug-likeness (QED) is 0.575. The average Bonchev–Trinajstić information content (AvgIpc) is 2.55. The maximum Gasteiger partial charge on any atom is 0.357 e. The van der Waals surface area contributed by atoms with Gasteiger partial charge in [-0.15, -0.1) is 0 Å². The molecular formula is C16H16N6O. The molecule has 3 rings (SSSR count). The molecule has 0 aliphatic heterocycles. The fourth-order valence-corrected chi connectivity index (χ4v) is 2.13. The lowest BCUT2D eigenvalue weighted by Crippen LogP contribution is -2.35. The molecule has 1 aromatic carbocycles. The van der Waals surface area contributed by atoms with Gasteiger partial charge >= 0.3 is 5.69 Å². The Morgan fingerprint density at radius 1 is 1.17 bits per heavy atom. The number of anilines is 1. The van der Waals surface area contributed by atoms with Crippen molar-refractivity contribution in [1.82, 2.24) is 19.5 Å². The van der Waals surface area contributed by atoms with Crippen molar-refractivity contribution < 1.29 is 0 Å². The van der Waals surface area contributed by atoms with Crippen molar-refractivity contribution in [1.29, 1.82) is 0 Å². The van der Waals surface area contributed by atoms with Crippen LogP contribution in [-0.2, 0) is 6.54 Å². The molecule has 0 atom stereocenters. The van der Waals surface area contributed by atoms with Crippen molar-refractivity contribution in [3.8, 4) is 5.82 Å². The molecule has 0 amide bonds. The van der Waals surface area contributed by atoms with Crippen molar-refractivity contribution in [2.45, 2.75) is 13.5 Å². The van der Waals surface area contributed by atoms with E-state index in [0.717, 1.165) is 11.1 Å². The summed E-state index contributed by atoms with van der Waals surface area (Å²) in [6.07, 6.45) is 3.02. The number of pyridine rings is 1. The molecule has 0 unspecified atom stereocenters. The molecule has 0 spiro atoms. The minimum Gasteiger partial charge on any atom is -0.274 e. The van der Waals surface area contributed by atoms with Crippen molar-refractivity contribution >= 4 is 5.95 Å². The van der Waals surface area contributed by atoms with E-state index in [1.165, 1.54) is 15.9 Å². The number of nitrogens with zero attached hydrogens (tertiary/aromatic N) is 5. The van der Waals surface area contributed by atoms with Crippen molar-refractivity contribution in [3.05, 3.63) is 76.6 Å². The highest BCUT2D eigenvalue weighted by Crippen LogP contribution is 2.07. The molecule has 3 aromatic rings. The largest absolute Gasteiger partial charge is 0.357 e. The van der Waals surface area contributed by atoms with Gasteiger partial charge in [0.2, 0.25) is 5.95 Å². The molecule has 0 radical (unpaired) electrons. The minimum absolute atomic E-state index is 0.169. The molecule has 7 heteroatoms. The van der Waals surface area contributed by atoms with Crippen molar-refractivity contribution in [2.75, 3.05) is 5.01 Å². The Labute approximate surface area is 133 Å². The zero-order chi connectivity index (χ0) is 16.2. The van der Waals surface area contributed by atoms with Gasteiger partial charge in [0.1, 0.15) is 12.1 Å². The van der Waals surface area contributed by atoms with Gasteiger partial charge in [0.15, 0.2) is 0 Å². The maximum atomic E-state index is 12.2. The number of hydrazine groups is 1. The number of benzene rings is 1. The summed E-state index contributed by atoms with van der Waals surface area (Å²) in [5, 5.41) is 1.34. The number of aryl methyl sites for hydroxylation is 1. The highest BCUT2D eigenvalue weighted by Gasteiger charge is 2.10. The Kier molecular flexibility index (Phi) is 4.11. The lowest BCUT2D eigenvalue weighted by atomic mass is 10.2. The van der Waals surface area contributed by atoms with Gasteiger partial charge in [0, 0.05) is 6.20 Å². The topological polar surface area (TPSA) is 89.9 Å². The van der Waals surface area contributed by atoms with E-state index in [4.69, 9.17) is 5.84 Å². The Hall–Kier alpha value is -3.06. The van der Waals surface area contributed by atoms with Crippen LogP contribution in [0.15, 0.2) is 59.8 Å². The van der Waals surface area contributed by atoms with Gasteiger partial charge in [-0.3, -0.25) is 5.01 Å². The van der Waals surface area contributed by atoms with Crippen LogP contribution in [0.25, 0.3) is 5.82 Å². The van der Waals surface area contributed by atoms with Crippen LogP contribution in [0, 0.1) is 6.92 Å². The van der Waals surface area contributed by atoms with Gasteiger partial charge in [-0.25, -0.2) is 25.2 Å². The Balaban J connectivity index is 1.86. The summed E-state index contributed by atoms with van der Waals surface area (Å²) in [6, 6.07) is 13.3. The first kappa shape index (κ1) is 14.9. The molecule has 0 aliphatic carbocycles. The van der Waals surface area contributed by atoms with Gasteiger partial charge < -0.3 is 0 Å². The number of rotatable bonds is 4. The van der Waals surface area contributed by atoms with E-state index < -0.39 is 5.69 Å². The molecule has 116 valence electrons. The summed E-state index contributed by atoms with van der Waals surface area (Å²) < 4.78 is 1.28. The highest BCUT2D eigenvalue weighted by atomic mass is 16.1. The number of hydrogen-bond donors (Lipinski definition) is 1. The van der Waals surface area contributed by atoms with Crippen LogP contribution in [0.3, 0.4) is 0 Å². The average molecular weight is 308 g/mol. The molecule has 0 saturated carbocycles. The normalized spacial score (nSPS) is 10.5. The monoisotopic (exact) mass is 308 g/mol. The lowest BCUT2D eigenvalue weighted by molar-refractivity contribution is 0.758. The summed E-state index contributed by atoms with van der Waals surface area (Å²) in [5.74, 6) is 6.60. The van der Waals surface area contributed by atoms with Crippen LogP contribution in [-0.4, -0.2) is 19.5 Å². The standard InChI is InChI=1S/C16H16N6O/c1-12-7-8-18-14(9-12)21-11-19-15(20-16(21)23)22(17)10-13-5-3-2-4-6-13/h2-9,11H,10,17H2,1H3. The molecule has 2 heterocycles. The predicted molar refractivity (Wildman–Crippen MR) is 87.0 cm³/mol. The summed E-state index contributed by atoms with van der Waals surface area (Å²) in [4.78, 5) is 24.4. The van der Waals surface area contributed by atoms with Gasteiger partial charge in [-0.1, -0.05) is 30.3 Å². The third kappa shape index (κ3) is 3.41. The minimum atomic E-state index is -0.475. The Morgan fingerprint density at radius 2 is 1.96 bits per heavy atom. The molecule has 2 aromatic heterocycles. The second kappa shape index (κ2) is 6.37. The smallest absolute Gasteiger partial charge is 0.274 e. The van der Waals surface area contributed by atoms with Crippen molar-refractivity contribution in [3.63, 3.8) is 0 Å². The van der Waals surface area contributed by atoms with Crippen LogP contribution >= 0.6 is 0 Å². The first-order valence-corrected chi connectivity index (χ1v) is 7.08. The van der Waals surface area contributed by atoms with Crippen molar-refractivity contribution in [2.24, 2.45) is 5.84 Å². The number of nitrogens with two attached hydrogens (primary N) is 1. The van der Waals surface area contributed by atoms with E-state index in [0.29, 0.717) is 12.4 Å².